The summed E-state index contributed by atoms with van der Waals surface area (Å²) in [5, 5.41) is 21.2. The van der Waals surface area contributed by atoms with Crippen LogP contribution in [0.5, 0.6) is 0 Å². The fraction of sp³-hybridized carbons (Fsp3) is 0.444. The maximum absolute atomic E-state index is 12.3. The number of carbonyl (C=O) groups is 4. The summed E-state index contributed by atoms with van der Waals surface area (Å²) >= 11 is 0. The zero-order valence-electron chi connectivity index (χ0n) is 14.8. The van der Waals surface area contributed by atoms with Crippen LogP contribution in [0.15, 0.2) is 30.3 Å². The van der Waals surface area contributed by atoms with Crippen molar-refractivity contribution in [1.82, 2.24) is 10.2 Å². The van der Waals surface area contributed by atoms with Gasteiger partial charge in [-0.25, -0.2) is 4.79 Å². The molecule has 1 aliphatic heterocycles. The molecule has 2 rings (SSSR count). The molecular formula is C18H22N2O7. The normalized spacial score (nSPS) is 20.0. The van der Waals surface area contributed by atoms with E-state index in [1.807, 2.05) is 6.07 Å². The van der Waals surface area contributed by atoms with E-state index < -0.39 is 48.4 Å². The summed E-state index contributed by atoms with van der Waals surface area (Å²) in [6.45, 7) is 1.26. The highest BCUT2D eigenvalue weighted by Crippen LogP contribution is 2.18. The number of amides is 2. The number of β-amino-alcohol motifs (C(OH)–C–C–N with tert-alkyl or cyclic N) is 1. The molecule has 27 heavy (non-hydrogen) atoms. The Morgan fingerprint density at radius 1 is 1.26 bits per heavy atom. The second-order valence-electron chi connectivity index (χ2n) is 6.33. The van der Waals surface area contributed by atoms with Crippen LogP contribution in [0.2, 0.25) is 0 Å². The lowest BCUT2D eigenvalue weighted by atomic mass is 10.1. The zero-order chi connectivity index (χ0) is 20.0. The molecule has 146 valence electrons. The van der Waals surface area contributed by atoms with E-state index in [1.165, 1.54) is 11.8 Å². The minimum absolute atomic E-state index is 0.00424. The number of ether oxygens (including phenoxy) is 1. The number of nitrogens with zero attached hydrogens (tertiary/aromatic N) is 1. The van der Waals surface area contributed by atoms with Crippen molar-refractivity contribution >= 4 is 23.8 Å². The largest absolute Gasteiger partial charge is 0.480 e. The molecule has 3 N–H and O–H groups in total. The summed E-state index contributed by atoms with van der Waals surface area (Å²) in [5.74, 6) is -3.31. The lowest BCUT2D eigenvalue weighted by molar-refractivity contribution is -0.151. The average Bonchev–Trinajstić information content (AvgIpc) is 3.02. The Morgan fingerprint density at radius 2 is 1.93 bits per heavy atom. The Labute approximate surface area is 155 Å². The second kappa shape index (κ2) is 9.13. The van der Waals surface area contributed by atoms with Crippen LogP contribution < -0.4 is 5.32 Å². The third kappa shape index (κ3) is 5.78. The van der Waals surface area contributed by atoms with Crippen molar-refractivity contribution in [2.45, 2.75) is 44.6 Å². The van der Waals surface area contributed by atoms with Crippen molar-refractivity contribution in [3.05, 3.63) is 35.9 Å². The summed E-state index contributed by atoms with van der Waals surface area (Å²) in [4.78, 5) is 48.4. The van der Waals surface area contributed by atoms with Crippen molar-refractivity contribution in [3.63, 3.8) is 0 Å². The summed E-state index contributed by atoms with van der Waals surface area (Å²) in [7, 11) is 0. The molecule has 2 amide bonds. The number of rotatable bonds is 7. The van der Waals surface area contributed by atoms with Crippen molar-refractivity contribution in [2.75, 3.05) is 6.54 Å². The fourth-order valence-corrected chi connectivity index (χ4v) is 2.84. The van der Waals surface area contributed by atoms with E-state index in [9.17, 15) is 29.4 Å². The summed E-state index contributed by atoms with van der Waals surface area (Å²) < 4.78 is 5.03. The number of hydrogen-bond donors (Lipinski definition) is 3. The van der Waals surface area contributed by atoms with Gasteiger partial charge in [-0.2, -0.15) is 0 Å². The van der Waals surface area contributed by atoms with E-state index in [2.05, 4.69) is 5.32 Å². The molecule has 1 saturated heterocycles. The number of likely N-dealkylation sites (tertiary alicyclic amines) is 1. The monoisotopic (exact) mass is 378 g/mol. The van der Waals surface area contributed by atoms with Gasteiger partial charge in [0.2, 0.25) is 11.8 Å². The molecule has 9 heteroatoms. The third-order valence-corrected chi connectivity index (χ3v) is 4.21. The molecule has 1 aliphatic rings. The van der Waals surface area contributed by atoms with Gasteiger partial charge in [0.05, 0.1) is 12.5 Å². The standard InChI is InChI=1S/C18H22N2O7/c1-11(21)20-9-13(22)7-15(20)17(24)19-14(18(25)26)8-16(23)27-10-12-5-3-2-4-6-12/h2-6,13-15,22H,7-10H2,1H3,(H,19,24)(H,25,26)/t13-,14-,15+/m1/s1. The first-order chi connectivity index (χ1) is 12.8. The molecule has 9 nitrogen and oxygen atoms in total. The Hall–Kier alpha value is -2.94. The summed E-state index contributed by atoms with van der Waals surface area (Å²) in [6, 6.07) is 6.41. The highest BCUT2D eigenvalue weighted by Gasteiger charge is 2.39. The molecule has 1 aromatic carbocycles. The van der Waals surface area contributed by atoms with Crippen LogP contribution in [0, 0.1) is 0 Å². The molecule has 0 spiro atoms. The molecule has 0 saturated carbocycles. The topological polar surface area (TPSA) is 133 Å². The van der Waals surface area contributed by atoms with Crippen molar-refractivity contribution in [3.8, 4) is 0 Å². The average molecular weight is 378 g/mol. The first-order valence-corrected chi connectivity index (χ1v) is 8.46. The van der Waals surface area contributed by atoms with Crippen LogP contribution in [0.25, 0.3) is 0 Å². The Kier molecular flexibility index (Phi) is 6.89. The van der Waals surface area contributed by atoms with Crippen LogP contribution in [0.3, 0.4) is 0 Å². The minimum atomic E-state index is -1.49. The van der Waals surface area contributed by atoms with Gasteiger partial charge in [-0.1, -0.05) is 30.3 Å². The Bertz CT molecular complexity index is 707. The molecule has 1 fully saturated rings. The third-order valence-electron chi connectivity index (χ3n) is 4.21. The first-order valence-electron chi connectivity index (χ1n) is 8.46. The van der Waals surface area contributed by atoms with Crippen molar-refractivity contribution in [2.24, 2.45) is 0 Å². The van der Waals surface area contributed by atoms with Crippen molar-refractivity contribution < 1.29 is 34.1 Å². The van der Waals surface area contributed by atoms with Gasteiger partial charge < -0.3 is 25.2 Å². The first kappa shape index (κ1) is 20.4. The smallest absolute Gasteiger partial charge is 0.326 e. The molecular weight excluding hydrogens is 356 g/mol. The summed E-state index contributed by atoms with van der Waals surface area (Å²) in [6.07, 6.45) is -1.40. The maximum atomic E-state index is 12.3. The molecule has 0 unspecified atom stereocenters. The van der Waals surface area contributed by atoms with Crippen LogP contribution >= 0.6 is 0 Å². The van der Waals surface area contributed by atoms with Gasteiger partial charge in [0.1, 0.15) is 18.7 Å². The van der Waals surface area contributed by atoms with Gasteiger partial charge in [-0.3, -0.25) is 14.4 Å². The number of carboxylic acids is 1. The van der Waals surface area contributed by atoms with Crippen molar-refractivity contribution in [1.29, 1.82) is 0 Å². The Morgan fingerprint density at radius 3 is 2.52 bits per heavy atom. The number of aliphatic hydroxyl groups excluding tert-OH is 1. The van der Waals surface area contributed by atoms with E-state index in [0.29, 0.717) is 0 Å². The highest BCUT2D eigenvalue weighted by molar-refractivity contribution is 5.92. The number of aliphatic carboxylic acids is 1. The molecule has 3 atom stereocenters. The van der Waals surface area contributed by atoms with Crippen LogP contribution in [-0.2, 0) is 30.5 Å². The molecule has 0 aliphatic carbocycles. The fourth-order valence-electron chi connectivity index (χ4n) is 2.84. The zero-order valence-corrected chi connectivity index (χ0v) is 14.8. The van der Waals surface area contributed by atoms with Crippen LogP contribution in [0.4, 0.5) is 0 Å². The van der Waals surface area contributed by atoms with Gasteiger partial charge in [0.25, 0.3) is 0 Å². The van der Waals surface area contributed by atoms with E-state index in [0.717, 1.165) is 5.56 Å². The molecule has 0 bridgehead atoms. The number of hydrogen-bond acceptors (Lipinski definition) is 6. The predicted octanol–water partition coefficient (Wildman–Crippen LogP) is -0.329. The maximum Gasteiger partial charge on any atom is 0.326 e. The number of carboxylic acid groups (broad SMARTS) is 1. The van der Waals surface area contributed by atoms with E-state index in [4.69, 9.17) is 4.74 Å². The van der Waals surface area contributed by atoms with Gasteiger partial charge in [-0.15, -0.1) is 0 Å². The number of nitrogens with one attached hydrogen (secondary N) is 1. The SMILES string of the molecule is CC(=O)N1C[C@H](O)C[C@H]1C(=O)N[C@H](CC(=O)OCc1ccccc1)C(=O)O. The second-order valence-corrected chi connectivity index (χ2v) is 6.33. The van der Waals surface area contributed by atoms with Gasteiger partial charge in [0, 0.05) is 19.9 Å². The van der Waals surface area contributed by atoms with E-state index in [-0.39, 0.29) is 19.6 Å². The Balaban J connectivity index is 1.92. The predicted molar refractivity (Wildman–Crippen MR) is 92.2 cm³/mol. The van der Waals surface area contributed by atoms with Crippen LogP contribution in [0.1, 0.15) is 25.3 Å². The van der Waals surface area contributed by atoms with Gasteiger partial charge in [0.15, 0.2) is 0 Å². The lowest BCUT2D eigenvalue weighted by Gasteiger charge is -2.23. The number of aliphatic hydroxyl groups is 1. The molecule has 1 heterocycles. The molecule has 0 radical (unpaired) electrons. The summed E-state index contributed by atoms with van der Waals surface area (Å²) in [5.41, 5.74) is 0.749. The number of carbonyl (C=O) groups excluding carboxylic acids is 3. The number of benzene rings is 1. The van der Waals surface area contributed by atoms with Gasteiger partial charge >= 0.3 is 11.9 Å². The van der Waals surface area contributed by atoms with Crippen LogP contribution in [-0.4, -0.2) is 63.6 Å². The molecule has 0 aromatic heterocycles. The van der Waals surface area contributed by atoms with Gasteiger partial charge in [-0.05, 0) is 5.56 Å². The van der Waals surface area contributed by atoms with E-state index in [1.54, 1.807) is 24.3 Å². The highest BCUT2D eigenvalue weighted by atomic mass is 16.5. The number of esters is 1. The van der Waals surface area contributed by atoms with E-state index >= 15 is 0 Å². The minimum Gasteiger partial charge on any atom is -0.480 e. The molecule has 1 aromatic rings. The lowest BCUT2D eigenvalue weighted by Crippen LogP contribution is -2.51. The quantitative estimate of drug-likeness (QED) is 0.553.